The first kappa shape index (κ1) is 22.7. The van der Waals surface area contributed by atoms with Crippen molar-refractivity contribution in [2.75, 3.05) is 63.8 Å². The van der Waals surface area contributed by atoms with Crippen molar-refractivity contribution in [1.82, 2.24) is 20.4 Å². The van der Waals surface area contributed by atoms with Gasteiger partial charge in [0.05, 0.1) is 0 Å². The molecule has 2 heterocycles. The Morgan fingerprint density at radius 2 is 1.84 bits per heavy atom. The van der Waals surface area contributed by atoms with Gasteiger partial charge in [0, 0.05) is 81.7 Å². The summed E-state index contributed by atoms with van der Waals surface area (Å²) >= 11 is 6.15. The molecule has 2 aliphatic heterocycles. The first-order chi connectivity index (χ1) is 15.2. The van der Waals surface area contributed by atoms with Crippen LogP contribution in [0.4, 0.5) is 5.69 Å². The highest BCUT2D eigenvalue weighted by atomic mass is 35.5. The third-order valence-corrected chi connectivity index (χ3v) is 6.96. The Hall–Kier alpha value is -1.50. The minimum atomic E-state index is 0.562. The molecular formula is C24H39ClN6. The number of anilines is 1. The Kier molecular flexibility index (Phi) is 8.34. The van der Waals surface area contributed by atoms with Gasteiger partial charge in [-0.1, -0.05) is 17.7 Å². The van der Waals surface area contributed by atoms with E-state index in [1.165, 1.54) is 44.5 Å². The quantitative estimate of drug-likeness (QED) is 0.365. The van der Waals surface area contributed by atoms with Gasteiger partial charge in [0.2, 0.25) is 0 Å². The number of guanidine groups is 1. The number of hydrogen-bond donors (Lipinski definition) is 2. The predicted molar refractivity (Wildman–Crippen MR) is 131 cm³/mol. The Bertz CT molecular complexity index is 706. The van der Waals surface area contributed by atoms with E-state index >= 15 is 0 Å². The van der Waals surface area contributed by atoms with Gasteiger partial charge in [-0.3, -0.25) is 9.89 Å². The molecule has 31 heavy (non-hydrogen) atoms. The summed E-state index contributed by atoms with van der Waals surface area (Å²) in [4.78, 5) is 12.5. The molecule has 2 N–H and O–H groups in total. The van der Waals surface area contributed by atoms with Crippen molar-refractivity contribution in [3.8, 4) is 0 Å². The van der Waals surface area contributed by atoms with Crippen LogP contribution in [-0.2, 0) is 0 Å². The van der Waals surface area contributed by atoms with Gasteiger partial charge < -0.3 is 20.4 Å². The average Bonchev–Trinajstić information content (AvgIpc) is 3.63. The molecule has 0 atom stereocenters. The Labute approximate surface area is 193 Å². The topological polar surface area (TPSA) is 46.1 Å². The molecule has 0 spiro atoms. The fourth-order valence-electron chi connectivity index (χ4n) is 4.75. The lowest BCUT2D eigenvalue weighted by molar-refractivity contribution is 0.197. The van der Waals surface area contributed by atoms with Gasteiger partial charge in [0.15, 0.2) is 5.96 Å². The second kappa shape index (κ2) is 11.4. The fraction of sp³-hybridized carbons (Fsp3) is 0.708. The number of rotatable bonds is 8. The molecule has 3 aliphatic rings. The van der Waals surface area contributed by atoms with Gasteiger partial charge in [-0.15, -0.1) is 0 Å². The summed E-state index contributed by atoms with van der Waals surface area (Å²) in [5, 5.41) is 7.94. The summed E-state index contributed by atoms with van der Waals surface area (Å²) in [6.45, 7) is 11.9. The van der Waals surface area contributed by atoms with E-state index in [0.29, 0.717) is 6.04 Å². The molecule has 0 bridgehead atoms. The molecule has 0 unspecified atom stereocenters. The molecule has 0 radical (unpaired) electrons. The molecule has 1 aromatic carbocycles. The van der Waals surface area contributed by atoms with Gasteiger partial charge in [-0.2, -0.15) is 0 Å². The van der Waals surface area contributed by atoms with Crippen molar-refractivity contribution >= 4 is 23.2 Å². The van der Waals surface area contributed by atoms with Crippen molar-refractivity contribution in [3.05, 3.63) is 29.3 Å². The molecule has 0 aromatic heterocycles. The second-order valence-corrected chi connectivity index (χ2v) is 9.54. The number of aliphatic imine (C=N–C) groups is 1. The molecule has 6 nitrogen and oxygen atoms in total. The number of nitrogens with zero attached hydrogens (tertiary/aromatic N) is 4. The van der Waals surface area contributed by atoms with Gasteiger partial charge >= 0.3 is 0 Å². The summed E-state index contributed by atoms with van der Waals surface area (Å²) in [7, 11) is 0. The number of hydrogen-bond acceptors (Lipinski definition) is 4. The first-order valence-electron chi connectivity index (χ1n) is 12.2. The Balaban J connectivity index is 1.14. The molecule has 1 aromatic rings. The molecule has 1 saturated carbocycles. The van der Waals surface area contributed by atoms with Gasteiger partial charge in [0.25, 0.3) is 0 Å². The maximum Gasteiger partial charge on any atom is 0.191 e. The lowest BCUT2D eigenvalue weighted by Crippen LogP contribution is -2.49. The van der Waals surface area contributed by atoms with Gasteiger partial charge in [0.1, 0.15) is 0 Å². The van der Waals surface area contributed by atoms with E-state index in [2.05, 4.69) is 44.4 Å². The van der Waals surface area contributed by atoms with Crippen LogP contribution in [0.15, 0.2) is 29.3 Å². The zero-order valence-electron chi connectivity index (χ0n) is 19.0. The van der Waals surface area contributed by atoms with E-state index in [1.54, 1.807) is 0 Å². The first-order valence-corrected chi connectivity index (χ1v) is 12.6. The SMILES string of the molecule is CCNC(=NCCCN1CCN(c2cccc(Cl)c2)CC1)NC1CCN(C2CC2)CC1. The van der Waals surface area contributed by atoms with Gasteiger partial charge in [-0.05, 0) is 57.2 Å². The predicted octanol–water partition coefficient (Wildman–Crippen LogP) is 3.03. The van der Waals surface area contributed by atoms with E-state index in [0.717, 1.165) is 69.3 Å². The van der Waals surface area contributed by atoms with Crippen molar-refractivity contribution in [3.63, 3.8) is 0 Å². The number of piperazine rings is 1. The molecule has 0 amide bonds. The third kappa shape index (κ3) is 6.99. The molecule has 7 heteroatoms. The van der Waals surface area contributed by atoms with Crippen LogP contribution in [0.25, 0.3) is 0 Å². The highest BCUT2D eigenvalue weighted by molar-refractivity contribution is 6.30. The molecule has 3 fully saturated rings. The van der Waals surface area contributed by atoms with E-state index < -0.39 is 0 Å². The van der Waals surface area contributed by atoms with Crippen LogP contribution in [0.1, 0.15) is 39.0 Å². The fourth-order valence-corrected chi connectivity index (χ4v) is 4.93. The molecular weight excluding hydrogens is 408 g/mol. The lowest BCUT2D eigenvalue weighted by Gasteiger charge is -2.36. The lowest BCUT2D eigenvalue weighted by atomic mass is 10.1. The van der Waals surface area contributed by atoms with E-state index in [-0.39, 0.29) is 0 Å². The molecule has 2 saturated heterocycles. The Morgan fingerprint density at radius 3 is 2.52 bits per heavy atom. The van der Waals surface area contributed by atoms with Crippen LogP contribution >= 0.6 is 11.6 Å². The third-order valence-electron chi connectivity index (χ3n) is 6.73. The zero-order valence-corrected chi connectivity index (χ0v) is 19.8. The second-order valence-electron chi connectivity index (χ2n) is 9.11. The van der Waals surface area contributed by atoms with Crippen LogP contribution in [0.2, 0.25) is 5.02 Å². The van der Waals surface area contributed by atoms with E-state index in [4.69, 9.17) is 16.6 Å². The average molecular weight is 447 g/mol. The van der Waals surface area contributed by atoms with Crippen molar-refractivity contribution in [2.45, 2.75) is 51.1 Å². The van der Waals surface area contributed by atoms with Crippen molar-refractivity contribution < 1.29 is 0 Å². The van der Waals surface area contributed by atoms with Crippen molar-refractivity contribution in [1.29, 1.82) is 0 Å². The smallest absolute Gasteiger partial charge is 0.191 e. The monoisotopic (exact) mass is 446 g/mol. The number of nitrogens with one attached hydrogen (secondary N) is 2. The standard InChI is InChI=1S/C24H39ClN6/c1-2-26-24(28-21-9-13-30(14-10-21)22-7-8-22)27-11-4-12-29-15-17-31(18-16-29)23-6-3-5-20(25)19-23/h3,5-6,19,21-22H,2,4,7-18H2,1H3,(H2,26,27,28). The van der Waals surface area contributed by atoms with E-state index in [1.807, 2.05) is 12.1 Å². The highest BCUT2D eigenvalue weighted by Crippen LogP contribution is 2.29. The summed E-state index contributed by atoms with van der Waals surface area (Å²) in [5.41, 5.74) is 1.24. The van der Waals surface area contributed by atoms with Crippen molar-refractivity contribution in [2.24, 2.45) is 4.99 Å². The van der Waals surface area contributed by atoms with Crippen LogP contribution in [-0.4, -0.2) is 86.7 Å². The minimum Gasteiger partial charge on any atom is -0.369 e. The molecule has 1 aliphatic carbocycles. The molecule has 172 valence electrons. The van der Waals surface area contributed by atoms with Crippen LogP contribution in [0.5, 0.6) is 0 Å². The highest BCUT2D eigenvalue weighted by Gasteiger charge is 2.31. The minimum absolute atomic E-state index is 0.562. The number of halogens is 1. The summed E-state index contributed by atoms with van der Waals surface area (Å²) in [5.74, 6) is 0.998. The maximum absolute atomic E-state index is 6.15. The van der Waals surface area contributed by atoms with Crippen LogP contribution in [0.3, 0.4) is 0 Å². The van der Waals surface area contributed by atoms with Crippen LogP contribution in [0, 0.1) is 0 Å². The number of likely N-dealkylation sites (tertiary alicyclic amines) is 1. The largest absolute Gasteiger partial charge is 0.369 e. The number of benzene rings is 1. The van der Waals surface area contributed by atoms with Crippen LogP contribution < -0.4 is 15.5 Å². The summed E-state index contributed by atoms with van der Waals surface area (Å²) in [6.07, 6.45) is 6.40. The Morgan fingerprint density at radius 1 is 1.06 bits per heavy atom. The van der Waals surface area contributed by atoms with E-state index in [9.17, 15) is 0 Å². The molecule has 4 rings (SSSR count). The normalized spacial score (nSPS) is 22.0. The van der Waals surface area contributed by atoms with Gasteiger partial charge in [-0.25, -0.2) is 0 Å². The summed E-state index contributed by atoms with van der Waals surface area (Å²) < 4.78 is 0. The maximum atomic E-state index is 6.15. The number of piperidine rings is 1. The summed E-state index contributed by atoms with van der Waals surface area (Å²) in [6, 6.07) is 9.66. The zero-order chi connectivity index (χ0) is 21.5.